The first-order chi connectivity index (χ1) is 12.8. The van der Waals surface area contributed by atoms with Crippen LogP contribution in [0.1, 0.15) is 42.6 Å². The summed E-state index contributed by atoms with van der Waals surface area (Å²) in [7, 11) is -3.69. The van der Waals surface area contributed by atoms with Gasteiger partial charge in [-0.3, -0.25) is 9.10 Å². The molecule has 3 rings (SSSR count). The standard InChI is InChI=1S/C20H23ClN2O3S/c1-3-4-11-22-20(24)15-5-10-19-16(13-15)12-14(2)23(19)27(25,26)18-8-6-17(21)7-9-18/h5-10,13-14H,3-4,11-12H2,1-2H3,(H,22,24)/t14-/m0/s1. The van der Waals surface area contributed by atoms with Crippen LogP contribution >= 0.6 is 11.6 Å². The Bertz CT molecular complexity index is 942. The summed E-state index contributed by atoms with van der Waals surface area (Å²) in [6, 6.07) is 11.1. The number of amides is 1. The van der Waals surface area contributed by atoms with Crippen LogP contribution in [0, 0.1) is 0 Å². The second-order valence-electron chi connectivity index (χ2n) is 6.76. The van der Waals surface area contributed by atoms with Crippen molar-refractivity contribution in [3.8, 4) is 0 Å². The maximum absolute atomic E-state index is 13.1. The van der Waals surface area contributed by atoms with Crippen LogP contribution in [0.2, 0.25) is 5.02 Å². The number of carbonyl (C=O) groups is 1. The second kappa shape index (κ2) is 7.90. The topological polar surface area (TPSA) is 66.5 Å². The Balaban J connectivity index is 1.89. The molecule has 1 atom stereocenters. The molecule has 1 amide bonds. The molecule has 0 saturated carbocycles. The molecule has 1 N–H and O–H groups in total. The number of anilines is 1. The Morgan fingerprint density at radius 1 is 1.22 bits per heavy atom. The zero-order chi connectivity index (χ0) is 19.6. The van der Waals surface area contributed by atoms with Gasteiger partial charge in [0.2, 0.25) is 0 Å². The molecule has 7 heteroatoms. The first kappa shape index (κ1) is 19.7. The zero-order valence-electron chi connectivity index (χ0n) is 15.4. The van der Waals surface area contributed by atoms with Crippen molar-refractivity contribution >= 4 is 33.2 Å². The minimum atomic E-state index is -3.69. The van der Waals surface area contributed by atoms with Gasteiger partial charge < -0.3 is 5.32 Å². The lowest BCUT2D eigenvalue weighted by molar-refractivity contribution is 0.0953. The van der Waals surface area contributed by atoms with Crippen molar-refractivity contribution in [2.45, 2.75) is 44.0 Å². The summed E-state index contributed by atoms with van der Waals surface area (Å²) in [6.07, 6.45) is 2.51. The van der Waals surface area contributed by atoms with Crippen molar-refractivity contribution in [2.75, 3.05) is 10.8 Å². The quantitative estimate of drug-likeness (QED) is 0.737. The SMILES string of the molecule is CCCCNC(=O)c1ccc2c(c1)C[C@H](C)N2S(=O)(=O)c1ccc(Cl)cc1. The van der Waals surface area contributed by atoms with Gasteiger partial charge in [0.05, 0.1) is 10.6 Å². The number of halogens is 1. The molecule has 2 aromatic rings. The number of unbranched alkanes of at least 4 members (excludes halogenated alkanes) is 1. The molecule has 0 unspecified atom stereocenters. The summed E-state index contributed by atoms with van der Waals surface area (Å²) in [4.78, 5) is 12.5. The van der Waals surface area contributed by atoms with Gasteiger partial charge in [-0.15, -0.1) is 0 Å². The monoisotopic (exact) mass is 406 g/mol. The molecular weight excluding hydrogens is 384 g/mol. The lowest BCUT2D eigenvalue weighted by Gasteiger charge is -2.24. The van der Waals surface area contributed by atoms with Gasteiger partial charge in [0.1, 0.15) is 0 Å². The molecule has 0 bridgehead atoms. The number of sulfonamides is 1. The Labute approximate surface area is 165 Å². The molecule has 0 saturated heterocycles. The molecule has 1 aliphatic rings. The van der Waals surface area contributed by atoms with E-state index in [4.69, 9.17) is 11.6 Å². The zero-order valence-corrected chi connectivity index (χ0v) is 17.0. The van der Waals surface area contributed by atoms with E-state index in [-0.39, 0.29) is 16.8 Å². The number of benzene rings is 2. The highest BCUT2D eigenvalue weighted by Gasteiger charge is 2.36. The summed E-state index contributed by atoms with van der Waals surface area (Å²) in [5.74, 6) is -0.127. The average Bonchev–Trinajstić information content (AvgIpc) is 2.97. The van der Waals surface area contributed by atoms with Crippen LogP contribution in [0.4, 0.5) is 5.69 Å². The third kappa shape index (κ3) is 3.96. The van der Waals surface area contributed by atoms with Crippen molar-refractivity contribution in [1.82, 2.24) is 5.32 Å². The van der Waals surface area contributed by atoms with E-state index in [9.17, 15) is 13.2 Å². The highest BCUT2D eigenvalue weighted by atomic mass is 35.5. The van der Waals surface area contributed by atoms with E-state index in [1.165, 1.54) is 16.4 Å². The summed E-state index contributed by atoms with van der Waals surface area (Å²) in [5, 5.41) is 3.38. The maximum Gasteiger partial charge on any atom is 0.264 e. The van der Waals surface area contributed by atoms with E-state index in [0.29, 0.717) is 29.2 Å². The van der Waals surface area contributed by atoms with Gasteiger partial charge in [-0.1, -0.05) is 24.9 Å². The van der Waals surface area contributed by atoms with Gasteiger partial charge in [-0.2, -0.15) is 0 Å². The predicted molar refractivity (Wildman–Crippen MR) is 108 cm³/mol. The Morgan fingerprint density at radius 3 is 2.59 bits per heavy atom. The summed E-state index contributed by atoms with van der Waals surface area (Å²) in [6.45, 7) is 4.58. The molecular formula is C20H23ClN2O3S. The van der Waals surface area contributed by atoms with Crippen LogP contribution in [-0.2, 0) is 16.4 Å². The summed E-state index contributed by atoms with van der Waals surface area (Å²) in [5.41, 5.74) is 2.05. The molecule has 5 nitrogen and oxygen atoms in total. The molecule has 0 spiro atoms. The van der Waals surface area contributed by atoms with E-state index >= 15 is 0 Å². The van der Waals surface area contributed by atoms with Crippen molar-refractivity contribution in [3.63, 3.8) is 0 Å². The summed E-state index contributed by atoms with van der Waals surface area (Å²) >= 11 is 5.88. The molecule has 0 aromatic heterocycles. The number of rotatable bonds is 6. The van der Waals surface area contributed by atoms with E-state index < -0.39 is 10.0 Å². The van der Waals surface area contributed by atoms with Crippen molar-refractivity contribution < 1.29 is 13.2 Å². The normalized spacial score (nSPS) is 16.3. The number of carbonyl (C=O) groups excluding carboxylic acids is 1. The van der Waals surface area contributed by atoms with Gasteiger partial charge in [0, 0.05) is 23.2 Å². The number of fused-ring (bicyclic) bond motifs is 1. The number of hydrogen-bond donors (Lipinski definition) is 1. The Hall–Kier alpha value is -2.05. The molecule has 1 aliphatic heterocycles. The first-order valence-corrected chi connectivity index (χ1v) is 10.9. The number of hydrogen-bond acceptors (Lipinski definition) is 3. The fraction of sp³-hybridized carbons (Fsp3) is 0.350. The minimum absolute atomic E-state index is 0.127. The first-order valence-electron chi connectivity index (χ1n) is 9.05. The van der Waals surface area contributed by atoms with Crippen LogP contribution in [0.5, 0.6) is 0 Å². The lowest BCUT2D eigenvalue weighted by Crippen LogP contribution is -2.35. The van der Waals surface area contributed by atoms with Crippen LogP contribution in [-0.4, -0.2) is 26.9 Å². The third-order valence-electron chi connectivity index (χ3n) is 4.68. The van der Waals surface area contributed by atoms with Crippen molar-refractivity contribution in [3.05, 3.63) is 58.6 Å². The van der Waals surface area contributed by atoms with E-state index in [1.807, 2.05) is 6.92 Å². The number of nitrogens with zero attached hydrogens (tertiary/aromatic N) is 1. The van der Waals surface area contributed by atoms with E-state index in [0.717, 1.165) is 18.4 Å². The fourth-order valence-electron chi connectivity index (χ4n) is 3.31. The van der Waals surface area contributed by atoms with Crippen LogP contribution in [0.3, 0.4) is 0 Å². The molecule has 0 aliphatic carbocycles. The average molecular weight is 407 g/mol. The van der Waals surface area contributed by atoms with Gasteiger partial charge >= 0.3 is 0 Å². The van der Waals surface area contributed by atoms with Crippen LogP contribution in [0.15, 0.2) is 47.4 Å². The van der Waals surface area contributed by atoms with Gasteiger partial charge in [0.15, 0.2) is 0 Å². The molecule has 1 heterocycles. The van der Waals surface area contributed by atoms with Crippen molar-refractivity contribution in [1.29, 1.82) is 0 Å². The van der Waals surface area contributed by atoms with Crippen LogP contribution in [0.25, 0.3) is 0 Å². The number of nitrogens with one attached hydrogen (secondary N) is 1. The van der Waals surface area contributed by atoms with Gasteiger partial charge in [0.25, 0.3) is 15.9 Å². The largest absolute Gasteiger partial charge is 0.352 e. The Morgan fingerprint density at radius 2 is 1.93 bits per heavy atom. The third-order valence-corrected chi connectivity index (χ3v) is 6.88. The minimum Gasteiger partial charge on any atom is -0.352 e. The lowest BCUT2D eigenvalue weighted by atomic mass is 10.1. The van der Waals surface area contributed by atoms with E-state index in [1.54, 1.807) is 30.3 Å². The molecule has 0 fully saturated rings. The molecule has 27 heavy (non-hydrogen) atoms. The highest BCUT2D eigenvalue weighted by Crippen LogP contribution is 2.37. The molecule has 144 valence electrons. The van der Waals surface area contributed by atoms with Crippen LogP contribution < -0.4 is 9.62 Å². The summed E-state index contributed by atoms with van der Waals surface area (Å²) < 4.78 is 27.7. The van der Waals surface area contributed by atoms with Gasteiger partial charge in [-0.25, -0.2) is 8.42 Å². The Kier molecular flexibility index (Phi) is 5.77. The van der Waals surface area contributed by atoms with E-state index in [2.05, 4.69) is 12.2 Å². The smallest absolute Gasteiger partial charge is 0.264 e. The highest BCUT2D eigenvalue weighted by molar-refractivity contribution is 7.92. The fourth-order valence-corrected chi connectivity index (χ4v) is 5.13. The van der Waals surface area contributed by atoms with Crippen molar-refractivity contribution in [2.24, 2.45) is 0 Å². The molecule has 0 radical (unpaired) electrons. The second-order valence-corrected chi connectivity index (χ2v) is 9.01. The maximum atomic E-state index is 13.1. The predicted octanol–water partition coefficient (Wildman–Crippen LogP) is 4.01. The van der Waals surface area contributed by atoms with Gasteiger partial charge in [-0.05, 0) is 67.8 Å². The molecule has 2 aromatic carbocycles.